The Morgan fingerprint density at radius 1 is 1.04 bits per heavy atom. The van der Waals surface area contributed by atoms with Gasteiger partial charge in [-0.25, -0.2) is 0 Å². The lowest BCUT2D eigenvalue weighted by Gasteiger charge is -2.09. The van der Waals surface area contributed by atoms with Gasteiger partial charge in [-0.1, -0.05) is 48.5 Å². The van der Waals surface area contributed by atoms with Crippen LogP contribution in [-0.4, -0.2) is 27.8 Å². The number of aromatic nitrogens is 3. The molecule has 0 saturated carbocycles. The molecule has 0 spiro atoms. The Labute approximate surface area is 145 Å². The molecule has 0 bridgehead atoms. The van der Waals surface area contributed by atoms with E-state index in [-0.39, 0.29) is 11.8 Å². The fourth-order valence-corrected chi connectivity index (χ4v) is 2.31. The summed E-state index contributed by atoms with van der Waals surface area (Å²) in [7, 11) is 1.51. The molecular weight excluding hydrogens is 316 g/mol. The monoisotopic (exact) mass is 334 g/mol. The largest absolute Gasteiger partial charge is 0.467 e. The Kier molecular flexibility index (Phi) is 4.99. The zero-order valence-electron chi connectivity index (χ0n) is 14.1. The van der Waals surface area contributed by atoms with Gasteiger partial charge in [0.25, 0.3) is 0 Å². The van der Waals surface area contributed by atoms with Gasteiger partial charge >= 0.3 is 6.01 Å². The molecule has 6 heteroatoms. The number of rotatable bonds is 6. The number of Topliss-reactive ketones (excluding diaryl/α,β-unsaturated/α-hetero) is 1. The minimum absolute atomic E-state index is 0.00898. The highest BCUT2D eigenvalue weighted by molar-refractivity contribution is 5.95. The van der Waals surface area contributed by atoms with Crippen molar-refractivity contribution in [1.29, 1.82) is 0 Å². The lowest BCUT2D eigenvalue weighted by molar-refractivity contribution is 0.101. The van der Waals surface area contributed by atoms with Crippen LogP contribution >= 0.6 is 0 Å². The van der Waals surface area contributed by atoms with Crippen molar-refractivity contribution in [3.8, 4) is 17.4 Å². The smallest absolute Gasteiger partial charge is 0.321 e. The Balaban J connectivity index is 1.89. The predicted molar refractivity (Wildman–Crippen MR) is 95.6 cm³/mol. The predicted octanol–water partition coefficient (Wildman–Crippen LogP) is 3.36. The molecule has 0 aliphatic heterocycles. The molecule has 1 N–H and O–H groups in total. The first-order valence-corrected chi connectivity index (χ1v) is 7.85. The first-order valence-electron chi connectivity index (χ1n) is 7.85. The van der Waals surface area contributed by atoms with Crippen LogP contribution in [0.3, 0.4) is 0 Å². The van der Waals surface area contributed by atoms with Crippen molar-refractivity contribution in [2.45, 2.75) is 13.5 Å². The van der Waals surface area contributed by atoms with E-state index in [0.717, 1.165) is 11.1 Å². The Hall–Kier alpha value is -3.28. The highest BCUT2D eigenvalue weighted by atomic mass is 16.5. The lowest BCUT2D eigenvalue weighted by Crippen LogP contribution is -2.07. The van der Waals surface area contributed by atoms with Crippen LogP contribution in [0.5, 0.6) is 6.01 Å². The number of ketones is 1. The standard InChI is InChI=1S/C19H18N4O2/c1-13(24)15-9-6-10-16(11-15)17-21-18(23-19(22-17)25-2)20-12-14-7-4-3-5-8-14/h3-11H,12H2,1-2H3,(H,20,21,22,23). The molecule has 1 heterocycles. The third kappa shape index (κ3) is 4.17. The number of ether oxygens (including phenoxy) is 1. The molecule has 6 nitrogen and oxygen atoms in total. The van der Waals surface area contributed by atoms with E-state index in [4.69, 9.17) is 4.74 Å². The van der Waals surface area contributed by atoms with E-state index in [1.807, 2.05) is 36.4 Å². The number of benzene rings is 2. The van der Waals surface area contributed by atoms with E-state index in [1.165, 1.54) is 14.0 Å². The molecule has 0 radical (unpaired) electrons. The normalized spacial score (nSPS) is 10.3. The second-order valence-electron chi connectivity index (χ2n) is 5.45. The van der Waals surface area contributed by atoms with Crippen LogP contribution in [-0.2, 0) is 6.54 Å². The highest BCUT2D eigenvalue weighted by Crippen LogP contribution is 2.20. The number of carbonyl (C=O) groups excluding carboxylic acids is 1. The van der Waals surface area contributed by atoms with Crippen LogP contribution in [0, 0.1) is 0 Å². The molecule has 0 unspecified atom stereocenters. The highest BCUT2D eigenvalue weighted by Gasteiger charge is 2.10. The first-order chi connectivity index (χ1) is 12.2. The molecule has 0 aliphatic rings. The number of anilines is 1. The quantitative estimate of drug-likeness (QED) is 0.697. The Bertz CT molecular complexity index is 882. The van der Waals surface area contributed by atoms with Crippen molar-refractivity contribution in [3.63, 3.8) is 0 Å². The average molecular weight is 334 g/mol. The number of carbonyl (C=O) groups is 1. The van der Waals surface area contributed by atoms with Crippen LogP contribution < -0.4 is 10.1 Å². The number of nitrogens with zero attached hydrogens (tertiary/aromatic N) is 3. The summed E-state index contributed by atoms with van der Waals surface area (Å²) in [4.78, 5) is 24.5. The molecule has 3 aromatic rings. The first kappa shape index (κ1) is 16.6. The Morgan fingerprint density at radius 3 is 2.56 bits per heavy atom. The molecule has 3 rings (SSSR count). The average Bonchev–Trinajstić information content (AvgIpc) is 2.67. The molecule has 0 fully saturated rings. The van der Waals surface area contributed by atoms with E-state index in [0.29, 0.717) is 23.9 Å². The van der Waals surface area contributed by atoms with Gasteiger partial charge in [0, 0.05) is 17.7 Å². The van der Waals surface area contributed by atoms with Gasteiger partial charge in [0.1, 0.15) is 0 Å². The van der Waals surface area contributed by atoms with Crippen molar-refractivity contribution >= 4 is 11.7 Å². The summed E-state index contributed by atoms with van der Waals surface area (Å²) in [6.45, 7) is 2.11. The van der Waals surface area contributed by atoms with Crippen LogP contribution in [0.25, 0.3) is 11.4 Å². The summed E-state index contributed by atoms with van der Waals surface area (Å²) in [5.74, 6) is 0.856. The van der Waals surface area contributed by atoms with Gasteiger partial charge in [-0.15, -0.1) is 0 Å². The maximum absolute atomic E-state index is 11.6. The fourth-order valence-electron chi connectivity index (χ4n) is 2.31. The molecule has 25 heavy (non-hydrogen) atoms. The molecule has 0 amide bonds. The molecule has 1 aromatic heterocycles. The van der Waals surface area contributed by atoms with Crippen LogP contribution in [0.2, 0.25) is 0 Å². The van der Waals surface area contributed by atoms with Crippen molar-refractivity contribution in [3.05, 3.63) is 65.7 Å². The number of nitrogens with one attached hydrogen (secondary N) is 1. The molecule has 126 valence electrons. The number of hydrogen-bond donors (Lipinski definition) is 1. The van der Waals surface area contributed by atoms with Crippen molar-refractivity contribution in [2.75, 3.05) is 12.4 Å². The van der Waals surface area contributed by atoms with Crippen LogP contribution in [0.1, 0.15) is 22.8 Å². The zero-order chi connectivity index (χ0) is 17.6. The van der Waals surface area contributed by atoms with Crippen LogP contribution in [0.4, 0.5) is 5.95 Å². The third-order valence-electron chi connectivity index (χ3n) is 3.62. The minimum Gasteiger partial charge on any atom is -0.467 e. The van der Waals surface area contributed by atoms with Crippen molar-refractivity contribution in [1.82, 2.24) is 15.0 Å². The van der Waals surface area contributed by atoms with Gasteiger partial charge in [0.2, 0.25) is 5.95 Å². The lowest BCUT2D eigenvalue weighted by atomic mass is 10.1. The summed E-state index contributed by atoms with van der Waals surface area (Å²) in [5, 5.41) is 3.17. The van der Waals surface area contributed by atoms with E-state index >= 15 is 0 Å². The summed E-state index contributed by atoms with van der Waals surface area (Å²) in [6, 6.07) is 17.3. The topological polar surface area (TPSA) is 77.0 Å². The molecular formula is C19H18N4O2. The van der Waals surface area contributed by atoms with Gasteiger partial charge in [0.05, 0.1) is 7.11 Å². The third-order valence-corrected chi connectivity index (χ3v) is 3.62. The van der Waals surface area contributed by atoms with Gasteiger partial charge in [0.15, 0.2) is 11.6 Å². The maximum atomic E-state index is 11.6. The van der Waals surface area contributed by atoms with Gasteiger partial charge < -0.3 is 10.1 Å². The summed E-state index contributed by atoms with van der Waals surface area (Å²) in [5.41, 5.74) is 2.45. The molecule has 0 aliphatic carbocycles. The second kappa shape index (κ2) is 7.53. The Morgan fingerprint density at radius 2 is 1.84 bits per heavy atom. The zero-order valence-corrected chi connectivity index (χ0v) is 14.1. The minimum atomic E-state index is -0.00898. The van der Waals surface area contributed by atoms with Crippen molar-refractivity contribution in [2.24, 2.45) is 0 Å². The summed E-state index contributed by atoms with van der Waals surface area (Å²) < 4.78 is 5.18. The van der Waals surface area contributed by atoms with Gasteiger partial charge in [-0.05, 0) is 18.6 Å². The van der Waals surface area contributed by atoms with Crippen molar-refractivity contribution < 1.29 is 9.53 Å². The maximum Gasteiger partial charge on any atom is 0.321 e. The molecule has 0 atom stereocenters. The van der Waals surface area contributed by atoms with E-state index in [9.17, 15) is 4.79 Å². The number of hydrogen-bond acceptors (Lipinski definition) is 6. The van der Waals surface area contributed by atoms with E-state index in [2.05, 4.69) is 20.3 Å². The number of methoxy groups -OCH3 is 1. The van der Waals surface area contributed by atoms with Gasteiger partial charge in [-0.3, -0.25) is 4.79 Å². The summed E-state index contributed by atoms with van der Waals surface area (Å²) >= 11 is 0. The van der Waals surface area contributed by atoms with E-state index < -0.39 is 0 Å². The molecule has 2 aromatic carbocycles. The summed E-state index contributed by atoms with van der Waals surface area (Å²) in [6.07, 6.45) is 0. The van der Waals surface area contributed by atoms with Gasteiger partial charge in [-0.2, -0.15) is 15.0 Å². The fraction of sp³-hybridized carbons (Fsp3) is 0.158. The SMILES string of the molecule is COc1nc(NCc2ccccc2)nc(-c2cccc(C(C)=O)c2)n1. The molecule has 0 saturated heterocycles. The van der Waals surface area contributed by atoms with E-state index in [1.54, 1.807) is 18.2 Å². The van der Waals surface area contributed by atoms with Crippen LogP contribution in [0.15, 0.2) is 54.6 Å². The second-order valence-corrected chi connectivity index (χ2v) is 5.45.